The Kier molecular flexibility index (Phi) is 7.83. The van der Waals surface area contributed by atoms with Crippen LogP contribution in [0, 0.1) is 11.8 Å². The standard InChI is InChI=1S/C25H33NO6/c1-16-5-6-18(17(2)15-32-20-9-7-19(30-3)8-10-20)13-22(16)26(25(29)31-4)14-21-23(27)11-12-24(21)28/h5,7-10,17-18,22,27H,6,11-15H2,1-4H3/t17-,18-,22-/m1/s1. The summed E-state index contributed by atoms with van der Waals surface area (Å²) in [4.78, 5) is 26.4. The number of ketones is 1. The summed E-state index contributed by atoms with van der Waals surface area (Å²) in [6, 6.07) is 7.31. The average molecular weight is 444 g/mol. The number of amides is 1. The van der Waals surface area contributed by atoms with Crippen molar-refractivity contribution in [3.63, 3.8) is 0 Å². The number of hydrogen-bond donors (Lipinski definition) is 1. The second-order valence-corrected chi connectivity index (χ2v) is 8.61. The van der Waals surface area contributed by atoms with E-state index in [9.17, 15) is 14.7 Å². The number of allylic oxidation sites excluding steroid dienone is 2. The number of benzene rings is 1. The van der Waals surface area contributed by atoms with Crippen molar-refractivity contribution in [2.24, 2.45) is 11.8 Å². The van der Waals surface area contributed by atoms with Crippen LogP contribution < -0.4 is 9.47 Å². The van der Waals surface area contributed by atoms with Crippen LogP contribution in [-0.2, 0) is 9.53 Å². The molecule has 3 atom stereocenters. The van der Waals surface area contributed by atoms with Crippen molar-refractivity contribution in [3.05, 3.63) is 47.2 Å². The minimum Gasteiger partial charge on any atom is -0.512 e. The molecular weight excluding hydrogens is 410 g/mol. The Balaban J connectivity index is 1.68. The fourth-order valence-corrected chi connectivity index (χ4v) is 4.38. The molecule has 32 heavy (non-hydrogen) atoms. The minimum absolute atomic E-state index is 0.0661. The molecule has 0 aromatic heterocycles. The number of rotatable bonds is 8. The zero-order chi connectivity index (χ0) is 23.3. The molecule has 0 heterocycles. The SMILES string of the molecule is COC(=O)N(CC1=C(O)CCC1=O)[C@@H]1C[C@H]([C@H](C)COc2ccc(OC)cc2)CC=C1C. The van der Waals surface area contributed by atoms with Crippen molar-refractivity contribution in [1.82, 2.24) is 4.90 Å². The summed E-state index contributed by atoms with van der Waals surface area (Å²) in [7, 11) is 2.97. The van der Waals surface area contributed by atoms with Crippen molar-refractivity contribution in [1.29, 1.82) is 0 Å². The van der Waals surface area contributed by atoms with E-state index in [1.165, 1.54) is 7.11 Å². The van der Waals surface area contributed by atoms with Gasteiger partial charge in [0.25, 0.3) is 0 Å². The molecule has 7 nitrogen and oxygen atoms in total. The third-order valence-corrected chi connectivity index (χ3v) is 6.56. The van der Waals surface area contributed by atoms with Crippen LogP contribution in [0.25, 0.3) is 0 Å². The van der Waals surface area contributed by atoms with Crippen LogP contribution in [0.15, 0.2) is 47.2 Å². The summed E-state index contributed by atoms with van der Waals surface area (Å²) in [5, 5.41) is 10.1. The molecule has 0 saturated carbocycles. The van der Waals surface area contributed by atoms with E-state index in [0.717, 1.165) is 29.9 Å². The van der Waals surface area contributed by atoms with Gasteiger partial charge in [0.1, 0.15) is 17.3 Å². The van der Waals surface area contributed by atoms with E-state index in [2.05, 4.69) is 13.0 Å². The summed E-state index contributed by atoms with van der Waals surface area (Å²) in [6.07, 6.45) is 3.93. The highest BCUT2D eigenvalue weighted by Gasteiger charge is 2.35. The van der Waals surface area contributed by atoms with Crippen molar-refractivity contribution in [3.8, 4) is 11.5 Å². The molecule has 0 bridgehead atoms. The van der Waals surface area contributed by atoms with Gasteiger partial charge in [-0.05, 0) is 55.9 Å². The average Bonchev–Trinajstić information content (AvgIpc) is 3.13. The molecule has 2 aliphatic rings. The molecule has 174 valence electrons. The van der Waals surface area contributed by atoms with Gasteiger partial charge in [-0.1, -0.05) is 18.6 Å². The zero-order valence-electron chi connectivity index (χ0n) is 19.3. The molecule has 0 fully saturated rings. The summed E-state index contributed by atoms with van der Waals surface area (Å²) >= 11 is 0. The first-order chi connectivity index (χ1) is 15.3. The first-order valence-corrected chi connectivity index (χ1v) is 11.1. The number of carbonyl (C=O) groups is 2. The first kappa shape index (κ1) is 23.7. The fraction of sp³-hybridized carbons (Fsp3) is 0.520. The van der Waals surface area contributed by atoms with Crippen molar-refractivity contribution >= 4 is 11.9 Å². The number of hydrogen-bond acceptors (Lipinski definition) is 6. The van der Waals surface area contributed by atoms with Crippen LogP contribution >= 0.6 is 0 Å². The molecule has 1 N–H and O–H groups in total. The van der Waals surface area contributed by atoms with Gasteiger partial charge < -0.3 is 19.3 Å². The van der Waals surface area contributed by atoms with Crippen LogP contribution in [0.2, 0.25) is 0 Å². The lowest BCUT2D eigenvalue weighted by Crippen LogP contribution is -2.45. The van der Waals surface area contributed by atoms with Crippen LogP contribution in [-0.4, -0.2) is 55.3 Å². The second kappa shape index (κ2) is 10.6. The van der Waals surface area contributed by atoms with Gasteiger partial charge >= 0.3 is 6.09 Å². The number of carbonyl (C=O) groups excluding carboxylic acids is 2. The lowest BCUT2D eigenvalue weighted by Gasteiger charge is -2.38. The van der Waals surface area contributed by atoms with Crippen molar-refractivity contribution < 1.29 is 28.9 Å². The third kappa shape index (κ3) is 5.44. The quantitative estimate of drug-likeness (QED) is 0.587. The number of Topliss-reactive ketones (excluding diaryl/α,β-unsaturated/α-hetero) is 1. The maximum absolute atomic E-state index is 12.6. The summed E-state index contributed by atoms with van der Waals surface area (Å²) in [5.41, 5.74) is 1.39. The molecule has 2 aliphatic carbocycles. The highest BCUT2D eigenvalue weighted by Crippen LogP contribution is 2.34. The molecule has 3 rings (SSSR count). The Labute approximate surface area is 189 Å². The molecule has 1 aromatic rings. The topological polar surface area (TPSA) is 85.3 Å². The molecule has 0 unspecified atom stereocenters. The maximum Gasteiger partial charge on any atom is 0.410 e. The van der Waals surface area contributed by atoms with Crippen LogP contribution in [0.3, 0.4) is 0 Å². The van der Waals surface area contributed by atoms with Crippen LogP contribution in [0.4, 0.5) is 4.79 Å². The maximum atomic E-state index is 12.6. The number of nitrogens with zero attached hydrogens (tertiary/aromatic N) is 1. The van der Waals surface area contributed by atoms with Crippen LogP contribution in [0.5, 0.6) is 11.5 Å². The smallest absolute Gasteiger partial charge is 0.410 e. The molecule has 1 amide bonds. The number of methoxy groups -OCH3 is 2. The molecule has 1 aromatic carbocycles. The predicted octanol–water partition coefficient (Wildman–Crippen LogP) is 4.68. The van der Waals surface area contributed by atoms with Crippen molar-refractivity contribution in [2.45, 2.75) is 45.6 Å². The Hall–Kier alpha value is -2.96. The summed E-state index contributed by atoms with van der Waals surface area (Å²) < 4.78 is 16.2. The van der Waals surface area contributed by atoms with E-state index >= 15 is 0 Å². The number of ether oxygens (including phenoxy) is 3. The molecule has 0 radical (unpaired) electrons. The van der Waals surface area contributed by atoms with E-state index in [1.807, 2.05) is 31.2 Å². The van der Waals surface area contributed by atoms with E-state index in [4.69, 9.17) is 14.2 Å². The first-order valence-electron chi connectivity index (χ1n) is 11.1. The largest absolute Gasteiger partial charge is 0.512 e. The Morgan fingerprint density at radius 3 is 2.47 bits per heavy atom. The summed E-state index contributed by atoms with van der Waals surface area (Å²) in [6.45, 7) is 4.77. The lowest BCUT2D eigenvalue weighted by molar-refractivity contribution is -0.115. The lowest BCUT2D eigenvalue weighted by atomic mass is 9.79. The Morgan fingerprint density at radius 2 is 1.88 bits per heavy atom. The van der Waals surface area contributed by atoms with E-state index in [-0.39, 0.29) is 36.5 Å². The third-order valence-electron chi connectivity index (χ3n) is 6.56. The van der Waals surface area contributed by atoms with Gasteiger partial charge in [0.15, 0.2) is 5.78 Å². The zero-order valence-corrected chi connectivity index (χ0v) is 19.3. The minimum atomic E-state index is -0.495. The van der Waals surface area contributed by atoms with Gasteiger partial charge in [0.05, 0.1) is 39.0 Å². The summed E-state index contributed by atoms with van der Waals surface area (Å²) in [5.74, 6) is 2.10. The van der Waals surface area contributed by atoms with Gasteiger partial charge in [-0.15, -0.1) is 0 Å². The van der Waals surface area contributed by atoms with Crippen molar-refractivity contribution in [2.75, 3.05) is 27.4 Å². The van der Waals surface area contributed by atoms with Gasteiger partial charge in [-0.2, -0.15) is 0 Å². The molecular formula is C25H33NO6. The predicted molar refractivity (Wildman–Crippen MR) is 121 cm³/mol. The fourth-order valence-electron chi connectivity index (χ4n) is 4.38. The monoisotopic (exact) mass is 443 g/mol. The van der Waals surface area contributed by atoms with E-state index in [1.54, 1.807) is 12.0 Å². The number of aliphatic hydroxyl groups is 1. The number of aliphatic hydroxyl groups excluding tert-OH is 1. The van der Waals surface area contributed by atoms with Gasteiger partial charge in [0, 0.05) is 12.8 Å². The van der Waals surface area contributed by atoms with Gasteiger partial charge in [-0.25, -0.2) is 4.79 Å². The van der Waals surface area contributed by atoms with Crippen LogP contribution in [0.1, 0.15) is 39.5 Å². The van der Waals surface area contributed by atoms with E-state index < -0.39 is 6.09 Å². The normalized spacial score (nSPS) is 21.8. The highest BCUT2D eigenvalue weighted by atomic mass is 16.5. The highest BCUT2D eigenvalue weighted by molar-refractivity contribution is 5.99. The van der Waals surface area contributed by atoms with E-state index in [0.29, 0.717) is 24.5 Å². The second-order valence-electron chi connectivity index (χ2n) is 8.61. The Bertz CT molecular complexity index is 888. The molecule has 0 spiro atoms. The molecule has 7 heteroatoms. The van der Waals surface area contributed by atoms with Gasteiger partial charge in [-0.3, -0.25) is 9.69 Å². The van der Waals surface area contributed by atoms with Gasteiger partial charge in [0.2, 0.25) is 0 Å². The molecule has 0 saturated heterocycles. The Morgan fingerprint density at radius 1 is 1.19 bits per heavy atom. The molecule has 0 aliphatic heterocycles.